The van der Waals surface area contributed by atoms with Gasteiger partial charge in [-0.2, -0.15) is 0 Å². The first kappa shape index (κ1) is 20.5. The molecule has 30 heavy (non-hydrogen) atoms. The molecule has 0 radical (unpaired) electrons. The molecule has 0 aliphatic carbocycles. The standard InChI is InChI=1S/C22H17FN2O5/c1-29-22(28)15-6-10-17(11-7-15)24-20(26)18(13-14-4-8-16(23)9-5-14)25-21(27)19-3-2-12-30-19/h2-13H,1H3,(H,24,26)(H,25,27)/b18-13+. The molecular weight excluding hydrogens is 391 g/mol. The number of nitrogens with one attached hydrogen (secondary N) is 2. The Bertz CT molecular complexity index is 1070. The average molecular weight is 408 g/mol. The second-order valence-electron chi connectivity index (χ2n) is 6.06. The maximum atomic E-state index is 13.2. The van der Waals surface area contributed by atoms with E-state index in [1.165, 1.54) is 74.0 Å². The van der Waals surface area contributed by atoms with E-state index in [-0.39, 0.29) is 11.5 Å². The number of anilines is 1. The fourth-order valence-corrected chi connectivity index (χ4v) is 2.48. The van der Waals surface area contributed by atoms with Crippen LogP contribution in [0.5, 0.6) is 0 Å². The van der Waals surface area contributed by atoms with Crippen LogP contribution in [0.3, 0.4) is 0 Å². The second-order valence-corrected chi connectivity index (χ2v) is 6.06. The Balaban J connectivity index is 1.83. The zero-order chi connectivity index (χ0) is 21.5. The summed E-state index contributed by atoms with van der Waals surface area (Å²) in [6.07, 6.45) is 2.74. The first-order valence-electron chi connectivity index (χ1n) is 8.78. The van der Waals surface area contributed by atoms with Crippen molar-refractivity contribution in [2.75, 3.05) is 12.4 Å². The number of halogens is 1. The Morgan fingerprint density at radius 3 is 2.30 bits per heavy atom. The molecule has 0 saturated carbocycles. The van der Waals surface area contributed by atoms with E-state index in [9.17, 15) is 18.8 Å². The third-order valence-corrected chi connectivity index (χ3v) is 3.98. The van der Waals surface area contributed by atoms with Gasteiger partial charge in [0, 0.05) is 5.69 Å². The average Bonchev–Trinajstić information content (AvgIpc) is 3.30. The minimum Gasteiger partial charge on any atom is -0.465 e. The molecule has 8 heteroatoms. The molecule has 0 saturated heterocycles. The van der Waals surface area contributed by atoms with Crippen LogP contribution in [0.1, 0.15) is 26.5 Å². The molecule has 0 fully saturated rings. The van der Waals surface area contributed by atoms with E-state index in [4.69, 9.17) is 4.42 Å². The number of methoxy groups -OCH3 is 1. The Kier molecular flexibility index (Phi) is 6.39. The number of hydrogen-bond donors (Lipinski definition) is 2. The largest absolute Gasteiger partial charge is 0.465 e. The number of esters is 1. The topological polar surface area (TPSA) is 97.6 Å². The van der Waals surface area contributed by atoms with E-state index in [1.807, 2.05) is 0 Å². The number of carbonyl (C=O) groups is 3. The van der Waals surface area contributed by atoms with Crippen molar-refractivity contribution in [1.29, 1.82) is 0 Å². The number of hydrogen-bond acceptors (Lipinski definition) is 5. The van der Waals surface area contributed by atoms with Crippen molar-refractivity contribution in [2.45, 2.75) is 0 Å². The van der Waals surface area contributed by atoms with E-state index in [0.717, 1.165) is 0 Å². The molecule has 0 spiro atoms. The van der Waals surface area contributed by atoms with Crippen molar-refractivity contribution in [3.8, 4) is 0 Å². The Hall–Kier alpha value is -4.20. The zero-order valence-corrected chi connectivity index (χ0v) is 15.8. The van der Waals surface area contributed by atoms with Crippen LogP contribution in [0.4, 0.5) is 10.1 Å². The van der Waals surface area contributed by atoms with Crippen LogP contribution < -0.4 is 10.6 Å². The number of amides is 2. The summed E-state index contributed by atoms with van der Waals surface area (Å²) in [4.78, 5) is 36.6. The molecular formula is C22H17FN2O5. The SMILES string of the molecule is COC(=O)c1ccc(NC(=O)/C(=C\c2ccc(F)cc2)NC(=O)c2ccco2)cc1. The molecule has 2 aromatic carbocycles. The van der Waals surface area contributed by atoms with E-state index in [0.29, 0.717) is 16.8 Å². The maximum absolute atomic E-state index is 13.2. The predicted octanol–water partition coefficient (Wildman–Crippen LogP) is 3.61. The normalized spacial score (nSPS) is 10.9. The Morgan fingerprint density at radius 1 is 1.00 bits per heavy atom. The van der Waals surface area contributed by atoms with Crippen LogP contribution in [0.15, 0.2) is 77.0 Å². The van der Waals surface area contributed by atoms with E-state index >= 15 is 0 Å². The van der Waals surface area contributed by atoms with E-state index in [2.05, 4.69) is 15.4 Å². The van der Waals surface area contributed by atoms with Crippen LogP contribution in [0.25, 0.3) is 6.08 Å². The van der Waals surface area contributed by atoms with Crippen molar-refractivity contribution in [3.05, 3.63) is 95.3 Å². The molecule has 0 atom stereocenters. The fourth-order valence-electron chi connectivity index (χ4n) is 2.48. The second kappa shape index (κ2) is 9.33. The summed E-state index contributed by atoms with van der Waals surface area (Å²) in [5, 5.41) is 5.12. The molecule has 152 valence electrons. The Labute approximate surface area is 171 Å². The summed E-state index contributed by atoms with van der Waals surface area (Å²) in [7, 11) is 1.27. The minimum atomic E-state index is -0.621. The molecule has 1 aromatic heterocycles. The predicted molar refractivity (Wildman–Crippen MR) is 107 cm³/mol. The van der Waals surface area contributed by atoms with Gasteiger partial charge in [-0.1, -0.05) is 12.1 Å². The molecule has 0 aliphatic rings. The summed E-state index contributed by atoms with van der Waals surface area (Å²) >= 11 is 0. The van der Waals surface area contributed by atoms with E-state index < -0.39 is 23.6 Å². The number of carbonyl (C=O) groups excluding carboxylic acids is 3. The highest BCUT2D eigenvalue weighted by Gasteiger charge is 2.17. The molecule has 2 N–H and O–H groups in total. The number of furan rings is 1. The van der Waals surface area contributed by atoms with Gasteiger partial charge in [-0.3, -0.25) is 9.59 Å². The van der Waals surface area contributed by atoms with Crippen molar-refractivity contribution < 1.29 is 27.9 Å². The summed E-state index contributed by atoms with van der Waals surface area (Å²) in [6, 6.07) is 14.4. The molecule has 7 nitrogen and oxygen atoms in total. The Morgan fingerprint density at radius 2 is 1.70 bits per heavy atom. The first-order valence-corrected chi connectivity index (χ1v) is 8.78. The van der Waals surface area contributed by atoms with Crippen LogP contribution >= 0.6 is 0 Å². The number of ether oxygens (including phenoxy) is 1. The smallest absolute Gasteiger partial charge is 0.337 e. The molecule has 2 amide bonds. The van der Waals surface area contributed by atoms with Gasteiger partial charge in [-0.25, -0.2) is 9.18 Å². The van der Waals surface area contributed by atoms with Crippen molar-refractivity contribution in [1.82, 2.24) is 5.32 Å². The highest BCUT2D eigenvalue weighted by Crippen LogP contribution is 2.14. The van der Waals surface area contributed by atoms with Crippen molar-refractivity contribution in [2.24, 2.45) is 0 Å². The van der Waals surface area contributed by atoms with Gasteiger partial charge in [-0.15, -0.1) is 0 Å². The summed E-state index contributed by atoms with van der Waals surface area (Å²) in [5.74, 6) is -2.15. The molecule has 0 unspecified atom stereocenters. The van der Waals surface area contributed by atoms with Gasteiger partial charge in [0.1, 0.15) is 11.5 Å². The van der Waals surface area contributed by atoms with Crippen LogP contribution in [0, 0.1) is 5.82 Å². The summed E-state index contributed by atoms with van der Waals surface area (Å²) < 4.78 is 22.8. The first-order chi connectivity index (χ1) is 14.5. The number of rotatable bonds is 6. The lowest BCUT2D eigenvalue weighted by Gasteiger charge is -2.11. The molecule has 3 rings (SSSR count). The highest BCUT2D eigenvalue weighted by atomic mass is 19.1. The fraction of sp³-hybridized carbons (Fsp3) is 0.0455. The highest BCUT2D eigenvalue weighted by molar-refractivity contribution is 6.10. The van der Waals surface area contributed by atoms with Crippen molar-refractivity contribution in [3.63, 3.8) is 0 Å². The lowest BCUT2D eigenvalue weighted by molar-refractivity contribution is -0.113. The lowest BCUT2D eigenvalue weighted by Crippen LogP contribution is -2.30. The quantitative estimate of drug-likeness (QED) is 0.480. The van der Waals surface area contributed by atoms with Gasteiger partial charge in [0.2, 0.25) is 0 Å². The van der Waals surface area contributed by atoms with Gasteiger partial charge >= 0.3 is 5.97 Å². The van der Waals surface area contributed by atoms with Gasteiger partial charge in [0.25, 0.3) is 11.8 Å². The van der Waals surface area contributed by atoms with Gasteiger partial charge in [0.05, 0.1) is 18.9 Å². The third-order valence-electron chi connectivity index (χ3n) is 3.98. The van der Waals surface area contributed by atoms with Crippen LogP contribution in [-0.4, -0.2) is 24.9 Å². The minimum absolute atomic E-state index is 0.0234. The van der Waals surface area contributed by atoms with E-state index in [1.54, 1.807) is 6.07 Å². The summed E-state index contributed by atoms with van der Waals surface area (Å²) in [5.41, 5.74) is 1.14. The molecule has 0 bridgehead atoms. The summed E-state index contributed by atoms with van der Waals surface area (Å²) in [6.45, 7) is 0. The maximum Gasteiger partial charge on any atom is 0.337 e. The number of benzene rings is 2. The monoisotopic (exact) mass is 408 g/mol. The van der Waals surface area contributed by atoms with Crippen LogP contribution in [0.2, 0.25) is 0 Å². The van der Waals surface area contributed by atoms with Gasteiger partial charge in [-0.05, 0) is 60.2 Å². The van der Waals surface area contributed by atoms with Gasteiger partial charge < -0.3 is 19.8 Å². The van der Waals surface area contributed by atoms with Gasteiger partial charge in [0.15, 0.2) is 5.76 Å². The lowest BCUT2D eigenvalue weighted by atomic mass is 10.1. The molecule has 1 heterocycles. The molecule has 0 aliphatic heterocycles. The van der Waals surface area contributed by atoms with Crippen molar-refractivity contribution >= 4 is 29.5 Å². The zero-order valence-electron chi connectivity index (χ0n) is 15.8. The van der Waals surface area contributed by atoms with Crippen LogP contribution in [-0.2, 0) is 9.53 Å². The molecule has 3 aromatic rings. The third kappa shape index (κ3) is 5.20.